The second-order valence-corrected chi connectivity index (χ2v) is 5.53. The van der Waals surface area contributed by atoms with E-state index in [1.54, 1.807) is 0 Å². The van der Waals surface area contributed by atoms with Gasteiger partial charge in [0.15, 0.2) is 0 Å². The second kappa shape index (κ2) is 5.57. The zero-order valence-corrected chi connectivity index (χ0v) is 11.4. The highest BCUT2D eigenvalue weighted by molar-refractivity contribution is 9.10. The minimum atomic E-state index is 0.721. The van der Waals surface area contributed by atoms with Crippen LogP contribution in [0.15, 0.2) is 22.7 Å². The van der Waals surface area contributed by atoms with E-state index in [0.717, 1.165) is 35.7 Å². The fraction of sp³-hybridized carbons (Fsp3) is 0.429. The van der Waals surface area contributed by atoms with Crippen molar-refractivity contribution in [3.63, 3.8) is 0 Å². The Morgan fingerprint density at radius 3 is 2.82 bits per heavy atom. The summed E-state index contributed by atoms with van der Waals surface area (Å²) in [6.45, 7) is 2.74. The highest BCUT2D eigenvalue weighted by atomic mass is 79.9. The number of nitrogen functional groups attached to an aromatic ring is 1. The van der Waals surface area contributed by atoms with Gasteiger partial charge in [0.2, 0.25) is 0 Å². The molecule has 0 aromatic heterocycles. The summed E-state index contributed by atoms with van der Waals surface area (Å²) >= 11 is 3.45. The summed E-state index contributed by atoms with van der Waals surface area (Å²) in [5.41, 5.74) is 7.81. The van der Waals surface area contributed by atoms with Gasteiger partial charge in [0.25, 0.3) is 0 Å². The smallest absolute Gasteiger partial charge is 0.0601 e. The molecule has 0 heterocycles. The Bertz CT molecular complexity index is 432. The van der Waals surface area contributed by atoms with Gasteiger partial charge < -0.3 is 5.73 Å². The molecular formula is C14H17BrN2. The molecule has 0 saturated heterocycles. The predicted molar refractivity (Wildman–Crippen MR) is 75.4 cm³/mol. The van der Waals surface area contributed by atoms with Crippen LogP contribution in [0.3, 0.4) is 0 Å². The van der Waals surface area contributed by atoms with Crippen LogP contribution < -0.4 is 5.73 Å². The molecule has 3 heteroatoms. The van der Waals surface area contributed by atoms with E-state index in [9.17, 15) is 0 Å². The number of halogens is 1. The van der Waals surface area contributed by atoms with E-state index < -0.39 is 0 Å². The van der Waals surface area contributed by atoms with Crippen molar-refractivity contribution in [2.75, 3.05) is 18.8 Å². The number of hydrogen-bond acceptors (Lipinski definition) is 2. The number of nitrogens with two attached hydrogens (primary N) is 1. The topological polar surface area (TPSA) is 29.3 Å². The maximum Gasteiger partial charge on any atom is 0.0601 e. The molecule has 2 rings (SSSR count). The first-order valence-corrected chi connectivity index (χ1v) is 6.68. The fourth-order valence-electron chi connectivity index (χ4n) is 1.91. The fourth-order valence-corrected chi connectivity index (χ4v) is 2.33. The average Bonchev–Trinajstić information content (AvgIpc) is 3.08. The van der Waals surface area contributed by atoms with Crippen LogP contribution in [0.4, 0.5) is 5.69 Å². The van der Waals surface area contributed by atoms with Gasteiger partial charge in [-0.25, -0.2) is 0 Å². The lowest BCUT2D eigenvalue weighted by atomic mass is 10.2. The van der Waals surface area contributed by atoms with Gasteiger partial charge in [-0.1, -0.05) is 12.0 Å². The molecule has 2 nitrogen and oxygen atoms in total. The maximum absolute atomic E-state index is 5.78. The van der Waals surface area contributed by atoms with Crippen molar-refractivity contribution in [3.05, 3.63) is 28.2 Å². The first kappa shape index (κ1) is 12.5. The molecule has 1 saturated carbocycles. The standard InChI is InChI=1S/C14H17BrN2/c1-2-7-17(9-11-3-4-11)10-12-5-6-14(16)13(15)8-12/h1,5-6,8,11H,3-4,7,9-10,16H2. The van der Waals surface area contributed by atoms with E-state index in [2.05, 4.69) is 38.9 Å². The quantitative estimate of drug-likeness (QED) is 0.668. The van der Waals surface area contributed by atoms with Gasteiger partial charge in [-0.05, 0) is 52.4 Å². The van der Waals surface area contributed by atoms with Crippen molar-refractivity contribution >= 4 is 21.6 Å². The number of nitrogens with zero attached hydrogens (tertiary/aromatic N) is 1. The number of benzene rings is 1. The number of terminal acetylenes is 1. The molecule has 0 spiro atoms. The van der Waals surface area contributed by atoms with E-state index >= 15 is 0 Å². The zero-order valence-electron chi connectivity index (χ0n) is 9.82. The van der Waals surface area contributed by atoms with Crippen LogP contribution in [0.1, 0.15) is 18.4 Å². The molecule has 0 radical (unpaired) electrons. The molecule has 90 valence electrons. The third kappa shape index (κ3) is 3.76. The van der Waals surface area contributed by atoms with Crippen LogP contribution >= 0.6 is 15.9 Å². The molecule has 0 atom stereocenters. The highest BCUT2D eigenvalue weighted by Crippen LogP contribution is 2.30. The van der Waals surface area contributed by atoms with Crippen LogP contribution in [0.5, 0.6) is 0 Å². The van der Waals surface area contributed by atoms with E-state index in [0.29, 0.717) is 0 Å². The van der Waals surface area contributed by atoms with Crippen molar-refractivity contribution < 1.29 is 0 Å². The molecule has 1 aliphatic carbocycles. The van der Waals surface area contributed by atoms with Crippen molar-refractivity contribution in [2.24, 2.45) is 5.92 Å². The third-order valence-electron chi connectivity index (χ3n) is 3.00. The molecule has 0 unspecified atom stereocenters. The molecule has 1 fully saturated rings. The van der Waals surface area contributed by atoms with Crippen molar-refractivity contribution in [1.82, 2.24) is 4.90 Å². The number of rotatable bonds is 5. The van der Waals surface area contributed by atoms with Gasteiger partial charge in [0, 0.05) is 23.2 Å². The molecule has 0 amide bonds. The van der Waals surface area contributed by atoms with Gasteiger partial charge in [-0.3, -0.25) is 4.90 Å². The Morgan fingerprint density at radius 1 is 1.47 bits per heavy atom. The second-order valence-electron chi connectivity index (χ2n) is 4.67. The van der Waals surface area contributed by atoms with Crippen LogP contribution in [-0.4, -0.2) is 18.0 Å². The van der Waals surface area contributed by atoms with Gasteiger partial charge in [0.1, 0.15) is 0 Å². The van der Waals surface area contributed by atoms with Crippen LogP contribution in [0.25, 0.3) is 0 Å². The Labute approximate surface area is 111 Å². The molecule has 17 heavy (non-hydrogen) atoms. The predicted octanol–water partition coefficient (Wildman–Crippen LogP) is 2.88. The van der Waals surface area contributed by atoms with E-state index in [4.69, 9.17) is 12.2 Å². The number of anilines is 1. The lowest BCUT2D eigenvalue weighted by Gasteiger charge is -2.19. The molecule has 1 aliphatic rings. The maximum atomic E-state index is 5.78. The van der Waals surface area contributed by atoms with E-state index in [-0.39, 0.29) is 0 Å². The summed E-state index contributed by atoms with van der Waals surface area (Å²) in [6, 6.07) is 6.08. The lowest BCUT2D eigenvalue weighted by molar-refractivity contribution is 0.286. The summed E-state index contributed by atoms with van der Waals surface area (Å²) in [5.74, 6) is 3.60. The van der Waals surface area contributed by atoms with Gasteiger partial charge in [0.05, 0.1) is 6.54 Å². The molecule has 1 aromatic carbocycles. The van der Waals surface area contributed by atoms with E-state index in [1.165, 1.54) is 18.4 Å². The Kier molecular flexibility index (Phi) is 4.09. The summed E-state index contributed by atoms with van der Waals surface area (Å²) in [6.07, 6.45) is 8.12. The first-order chi connectivity index (χ1) is 8.19. The van der Waals surface area contributed by atoms with Crippen molar-refractivity contribution in [1.29, 1.82) is 0 Å². The average molecular weight is 293 g/mol. The largest absolute Gasteiger partial charge is 0.398 e. The minimum absolute atomic E-state index is 0.721. The Balaban J connectivity index is 2.00. The molecular weight excluding hydrogens is 276 g/mol. The summed E-state index contributed by atoms with van der Waals surface area (Å²) < 4.78 is 0.960. The molecule has 1 aromatic rings. The summed E-state index contributed by atoms with van der Waals surface area (Å²) in [7, 11) is 0. The number of hydrogen-bond donors (Lipinski definition) is 1. The van der Waals surface area contributed by atoms with Crippen LogP contribution in [-0.2, 0) is 6.54 Å². The van der Waals surface area contributed by atoms with Crippen molar-refractivity contribution in [3.8, 4) is 12.3 Å². The lowest BCUT2D eigenvalue weighted by Crippen LogP contribution is -2.26. The molecule has 0 bridgehead atoms. The van der Waals surface area contributed by atoms with E-state index in [1.807, 2.05) is 6.07 Å². The Morgan fingerprint density at radius 2 is 2.24 bits per heavy atom. The SMILES string of the molecule is C#CCN(Cc1ccc(N)c(Br)c1)CC1CC1. The van der Waals surface area contributed by atoms with Crippen LogP contribution in [0.2, 0.25) is 0 Å². The normalized spacial score (nSPS) is 14.9. The highest BCUT2D eigenvalue weighted by Gasteiger charge is 2.23. The van der Waals surface area contributed by atoms with Crippen molar-refractivity contribution in [2.45, 2.75) is 19.4 Å². The monoisotopic (exact) mass is 292 g/mol. The first-order valence-electron chi connectivity index (χ1n) is 5.88. The minimum Gasteiger partial charge on any atom is -0.398 e. The van der Waals surface area contributed by atoms with Gasteiger partial charge in [-0.15, -0.1) is 6.42 Å². The zero-order chi connectivity index (χ0) is 12.3. The van der Waals surface area contributed by atoms with Gasteiger partial charge in [-0.2, -0.15) is 0 Å². The third-order valence-corrected chi connectivity index (χ3v) is 3.69. The summed E-state index contributed by atoms with van der Waals surface area (Å²) in [4.78, 5) is 2.33. The molecule has 2 N–H and O–H groups in total. The van der Waals surface area contributed by atoms with Crippen LogP contribution in [0, 0.1) is 18.3 Å². The molecule has 0 aliphatic heterocycles. The van der Waals surface area contributed by atoms with Gasteiger partial charge >= 0.3 is 0 Å². The summed E-state index contributed by atoms with van der Waals surface area (Å²) in [5, 5.41) is 0. The Hall–Kier alpha value is -0.980.